The number of nitrogens with one attached hydrogen (secondary N) is 1. The third kappa shape index (κ3) is 4.01. The first-order valence-corrected chi connectivity index (χ1v) is 7.52. The summed E-state index contributed by atoms with van der Waals surface area (Å²) < 4.78 is 5.30. The van der Waals surface area contributed by atoms with Crippen molar-refractivity contribution in [2.75, 3.05) is 6.61 Å². The Hall–Kier alpha value is -2.48. The highest BCUT2D eigenvalue weighted by molar-refractivity contribution is 6.01. The predicted octanol–water partition coefficient (Wildman–Crippen LogP) is 2.76. The first-order chi connectivity index (χ1) is 10.6. The van der Waals surface area contributed by atoms with E-state index in [1.54, 1.807) is 12.1 Å². The molecular formula is C17H20N2O3. The number of amides is 1. The van der Waals surface area contributed by atoms with Gasteiger partial charge in [0.05, 0.1) is 6.61 Å². The Kier molecular flexibility index (Phi) is 5.42. The fourth-order valence-corrected chi connectivity index (χ4v) is 2.54. The quantitative estimate of drug-likeness (QED) is 0.647. The van der Waals surface area contributed by atoms with Crippen LogP contribution in [-0.4, -0.2) is 23.7 Å². The van der Waals surface area contributed by atoms with E-state index in [1.807, 2.05) is 13.0 Å². The van der Waals surface area contributed by atoms with Crippen molar-refractivity contribution in [3.8, 4) is 17.6 Å². The molecule has 2 N–H and O–H groups in total. The summed E-state index contributed by atoms with van der Waals surface area (Å²) >= 11 is 0. The first kappa shape index (κ1) is 15.9. The maximum Gasteiger partial charge on any atom is 0.262 e. The standard InChI is InChI=1S/C17H20N2O3/c1-2-22-16-10-12(7-8-15(16)20)9-13(11-18)17(21)19-14-5-3-4-6-14/h7-10,14,20H,2-6H2,1H3,(H,19,21)/b13-9+. The van der Waals surface area contributed by atoms with Crippen LogP contribution in [0.4, 0.5) is 0 Å². The second-order valence-corrected chi connectivity index (χ2v) is 5.28. The minimum Gasteiger partial charge on any atom is -0.504 e. The number of phenols is 1. The zero-order valence-corrected chi connectivity index (χ0v) is 12.6. The van der Waals surface area contributed by atoms with Crippen LogP contribution < -0.4 is 10.1 Å². The first-order valence-electron chi connectivity index (χ1n) is 7.52. The molecule has 0 spiro atoms. The van der Waals surface area contributed by atoms with Gasteiger partial charge in [-0.15, -0.1) is 0 Å². The van der Waals surface area contributed by atoms with Crippen LogP contribution in [0.15, 0.2) is 23.8 Å². The minimum absolute atomic E-state index is 0.0351. The van der Waals surface area contributed by atoms with Gasteiger partial charge in [0.1, 0.15) is 11.6 Å². The molecule has 0 aliphatic heterocycles. The molecule has 1 aromatic carbocycles. The van der Waals surface area contributed by atoms with E-state index in [0.717, 1.165) is 25.7 Å². The van der Waals surface area contributed by atoms with Crippen LogP contribution in [0.25, 0.3) is 6.08 Å². The van der Waals surface area contributed by atoms with Crippen LogP contribution in [0.3, 0.4) is 0 Å². The van der Waals surface area contributed by atoms with E-state index in [9.17, 15) is 15.2 Å². The highest BCUT2D eigenvalue weighted by Crippen LogP contribution is 2.27. The molecule has 0 saturated heterocycles. The smallest absolute Gasteiger partial charge is 0.262 e. The molecular weight excluding hydrogens is 280 g/mol. The second kappa shape index (κ2) is 7.51. The molecule has 5 nitrogen and oxygen atoms in total. The van der Waals surface area contributed by atoms with Gasteiger partial charge in [-0.2, -0.15) is 5.26 Å². The molecule has 0 bridgehead atoms. The zero-order valence-electron chi connectivity index (χ0n) is 12.6. The molecule has 0 aromatic heterocycles. The number of rotatable bonds is 5. The molecule has 0 atom stereocenters. The Bertz CT molecular complexity index is 611. The predicted molar refractivity (Wildman–Crippen MR) is 83.3 cm³/mol. The van der Waals surface area contributed by atoms with Gasteiger partial charge in [0, 0.05) is 6.04 Å². The van der Waals surface area contributed by atoms with Gasteiger partial charge in [0.15, 0.2) is 11.5 Å². The number of carbonyl (C=O) groups is 1. The fourth-order valence-electron chi connectivity index (χ4n) is 2.54. The summed E-state index contributed by atoms with van der Waals surface area (Å²) in [5.41, 5.74) is 0.694. The maximum atomic E-state index is 12.1. The lowest BCUT2D eigenvalue weighted by Crippen LogP contribution is -2.33. The van der Waals surface area contributed by atoms with Gasteiger partial charge in [0.2, 0.25) is 0 Å². The molecule has 5 heteroatoms. The zero-order chi connectivity index (χ0) is 15.9. The molecule has 1 aromatic rings. The molecule has 22 heavy (non-hydrogen) atoms. The van der Waals surface area contributed by atoms with Gasteiger partial charge in [0.25, 0.3) is 5.91 Å². The van der Waals surface area contributed by atoms with E-state index in [4.69, 9.17) is 4.74 Å². The van der Waals surface area contributed by atoms with Crippen LogP contribution in [0.5, 0.6) is 11.5 Å². The third-order valence-corrected chi connectivity index (χ3v) is 3.65. The van der Waals surface area contributed by atoms with E-state index in [2.05, 4.69) is 5.32 Å². The van der Waals surface area contributed by atoms with Gasteiger partial charge in [-0.3, -0.25) is 4.79 Å². The Balaban J connectivity index is 2.15. The summed E-state index contributed by atoms with van der Waals surface area (Å²) in [6.45, 7) is 2.24. The van der Waals surface area contributed by atoms with Crippen LogP contribution >= 0.6 is 0 Å². The second-order valence-electron chi connectivity index (χ2n) is 5.28. The SMILES string of the molecule is CCOc1cc(/C=C(\C#N)C(=O)NC2CCCC2)ccc1O. The van der Waals surface area contributed by atoms with E-state index < -0.39 is 0 Å². The minimum atomic E-state index is -0.347. The Morgan fingerprint density at radius 3 is 2.86 bits per heavy atom. The van der Waals surface area contributed by atoms with Crippen molar-refractivity contribution in [2.24, 2.45) is 0 Å². The van der Waals surface area contributed by atoms with Crippen LogP contribution in [0.2, 0.25) is 0 Å². The summed E-state index contributed by atoms with van der Waals surface area (Å²) in [6.07, 6.45) is 5.68. The molecule has 0 radical (unpaired) electrons. The number of benzene rings is 1. The van der Waals surface area contributed by atoms with Gasteiger partial charge in [-0.25, -0.2) is 0 Å². The van der Waals surface area contributed by atoms with E-state index >= 15 is 0 Å². The number of carbonyl (C=O) groups excluding carboxylic acids is 1. The van der Waals surface area contributed by atoms with E-state index in [-0.39, 0.29) is 23.3 Å². The Morgan fingerprint density at radius 2 is 2.23 bits per heavy atom. The summed E-state index contributed by atoms with van der Waals surface area (Å²) in [5.74, 6) is 0.0260. The van der Waals surface area contributed by atoms with Crippen LogP contribution in [0, 0.1) is 11.3 Å². The molecule has 116 valence electrons. The van der Waals surface area contributed by atoms with Gasteiger partial charge in [-0.1, -0.05) is 18.9 Å². The van der Waals surface area contributed by atoms with E-state index in [1.165, 1.54) is 12.1 Å². The molecule has 0 unspecified atom stereocenters. The average Bonchev–Trinajstić information content (AvgIpc) is 3.01. The number of aromatic hydroxyl groups is 1. The summed E-state index contributed by atoms with van der Waals surface area (Å²) in [6, 6.07) is 6.84. The van der Waals surface area contributed by atoms with Crippen molar-refractivity contribution < 1.29 is 14.6 Å². The normalized spacial score (nSPS) is 15.4. The van der Waals surface area contributed by atoms with Crippen molar-refractivity contribution in [2.45, 2.75) is 38.6 Å². The number of hydrogen-bond acceptors (Lipinski definition) is 4. The Labute approximate surface area is 130 Å². The van der Waals surface area contributed by atoms with Crippen LogP contribution in [-0.2, 0) is 4.79 Å². The van der Waals surface area contributed by atoms with Gasteiger partial charge < -0.3 is 15.2 Å². The van der Waals surface area contributed by atoms with Gasteiger partial charge >= 0.3 is 0 Å². The summed E-state index contributed by atoms with van der Waals surface area (Å²) in [7, 11) is 0. The van der Waals surface area contributed by atoms with Crippen molar-refractivity contribution in [1.82, 2.24) is 5.32 Å². The summed E-state index contributed by atoms with van der Waals surface area (Å²) in [4.78, 5) is 12.1. The lowest BCUT2D eigenvalue weighted by molar-refractivity contribution is -0.117. The fraction of sp³-hybridized carbons (Fsp3) is 0.412. The average molecular weight is 300 g/mol. The number of hydrogen-bond donors (Lipinski definition) is 2. The lowest BCUT2D eigenvalue weighted by Gasteiger charge is -2.11. The lowest BCUT2D eigenvalue weighted by atomic mass is 10.1. The van der Waals surface area contributed by atoms with Gasteiger partial charge in [-0.05, 0) is 43.5 Å². The topological polar surface area (TPSA) is 82.3 Å². The highest BCUT2D eigenvalue weighted by Gasteiger charge is 2.19. The number of phenolic OH excluding ortho intramolecular Hbond substituents is 1. The Morgan fingerprint density at radius 1 is 1.50 bits per heavy atom. The maximum absolute atomic E-state index is 12.1. The van der Waals surface area contributed by atoms with Crippen molar-refractivity contribution in [3.63, 3.8) is 0 Å². The van der Waals surface area contributed by atoms with Crippen molar-refractivity contribution in [1.29, 1.82) is 5.26 Å². The summed E-state index contributed by atoms with van der Waals surface area (Å²) in [5, 5.41) is 21.8. The molecule has 1 amide bonds. The highest BCUT2D eigenvalue weighted by atomic mass is 16.5. The molecule has 1 aliphatic rings. The number of nitrogens with zero attached hydrogens (tertiary/aromatic N) is 1. The van der Waals surface area contributed by atoms with E-state index in [0.29, 0.717) is 17.9 Å². The third-order valence-electron chi connectivity index (χ3n) is 3.65. The largest absolute Gasteiger partial charge is 0.504 e. The molecule has 1 aliphatic carbocycles. The monoisotopic (exact) mass is 300 g/mol. The molecule has 1 saturated carbocycles. The van der Waals surface area contributed by atoms with Crippen molar-refractivity contribution in [3.05, 3.63) is 29.3 Å². The van der Waals surface area contributed by atoms with Crippen molar-refractivity contribution >= 4 is 12.0 Å². The molecule has 0 heterocycles. The number of ether oxygens (including phenoxy) is 1. The van der Waals surface area contributed by atoms with Crippen LogP contribution in [0.1, 0.15) is 38.2 Å². The molecule has 2 rings (SSSR count). The molecule has 1 fully saturated rings. The number of nitriles is 1.